The first-order valence-corrected chi connectivity index (χ1v) is 5.70. The second-order valence-corrected chi connectivity index (χ2v) is 4.50. The van der Waals surface area contributed by atoms with Gasteiger partial charge in [-0.1, -0.05) is 0 Å². The van der Waals surface area contributed by atoms with E-state index >= 15 is 0 Å². The molecule has 0 saturated carbocycles. The molecule has 4 heteroatoms. The van der Waals surface area contributed by atoms with Crippen LogP contribution in [-0.2, 0) is 0 Å². The van der Waals surface area contributed by atoms with Crippen molar-refractivity contribution in [2.75, 3.05) is 6.54 Å². The number of carbonyl (C=O) groups excluding carboxylic acids is 1. The van der Waals surface area contributed by atoms with Gasteiger partial charge in [0.05, 0.1) is 10.5 Å². The molecule has 0 bridgehead atoms. The number of nitrogens with one attached hydrogen (secondary N) is 1. The van der Waals surface area contributed by atoms with Gasteiger partial charge in [-0.2, -0.15) is 0 Å². The maximum Gasteiger partial charge on any atom is 0.179 e. The van der Waals surface area contributed by atoms with Crippen molar-refractivity contribution in [2.45, 2.75) is 18.9 Å². The minimum Gasteiger partial charge on any atom is -0.307 e. The molecule has 1 unspecified atom stereocenters. The number of hydrogen-bond acceptors (Lipinski definition) is 2. The Bertz CT molecular complexity index is 388. The zero-order valence-electron chi connectivity index (χ0n) is 8.09. The molecule has 2 nitrogen and oxygen atoms in total. The third kappa shape index (κ3) is 2.26. The molecule has 1 aliphatic rings. The molecule has 1 atom stereocenters. The number of carbonyl (C=O) groups is 1. The Labute approximate surface area is 96.0 Å². The zero-order valence-corrected chi connectivity index (χ0v) is 9.68. The molecule has 80 valence electrons. The van der Waals surface area contributed by atoms with Crippen molar-refractivity contribution in [3.63, 3.8) is 0 Å². The molecule has 1 aromatic rings. The Morgan fingerprint density at radius 1 is 1.53 bits per heavy atom. The lowest BCUT2D eigenvalue weighted by Gasteiger charge is -2.09. The molecule has 0 amide bonds. The third-order valence-corrected chi connectivity index (χ3v) is 3.19. The maximum absolute atomic E-state index is 13.0. The quantitative estimate of drug-likeness (QED) is 0.838. The van der Waals surface area contributed by atoms with E-state index in [2.05, 4.69) is 21.2 Å². The van der Waals surface area contributed by atoms with E-state index in [1.165, 1.54) is 18.2 Å². The summed E-state index contributed by atoms with van der Waals surface area (Å²) >= 11 is 3.08. The van der Waals surface area contributed by atoms with E-state index in [0.717, 1.165) is 19.4 Å². The van der Waals surface area contributed by atoms with Crippen LogP contribution in [0.3, 0.4) is 0 Å². The average Bonchev–Trinajstić information content (AvgIpc) is 2.74. The molecule has 1 aliphatic heterocycles. The van der Waals surface area contributed by atoms with Gasteiger partial charge in [-0.15, -0.1) is 0 Å². The highest BCUT2D eigenvalue weighted by atomic mass is 79.9. The monoisotopic (exact) mass is 271 g/mol. The minimum atomic E-state index is -0.342. The molecule has 2 rings (SSSR count). The summed E-state index contributed by atoms with van der Waals surface area (Å²) in [6.07, 6.45) is 1.90. The second kappa shape index (κ2) is 4.41. The van der Waals surface area contributed by atoms with Gasteiger partial charge in [-0.25, -0.2) is 4.39 Å². The number of halogens is 2. The first-order chi connectivity index (χ1) is 7.18. The van der Waals surface area contributed by atoms with Crippen LogP contribution in [0.25, 0.3) is 0 Å². The normalized spacial score (nSPS) is 20.5. The number of benzene rings is 1. The van der Waals surface area contributed by atoms with E-state index in [1.54, 1.807) is 0 Å². The molecule has 0 aromatic heterocycles. The van der Waals surface area contributed by atoms with E-state index in [-0.39, 0.29) is 17.6 Å². The van der Waals surface area contributed by atoms with Gasteiger partial charge >= 0.3 is 0 Å². The van der Waals surface area contributed by atoms with Crippen molar-refractivity contribution in [2.24, 2.45) is 0 Å². The predicted molar refractivity (Wildman–Crippen MR) is 59.5 cm³/mol. The maximum atomic E-state index is 13.0. The summed E-state index contributed by atoms with van der Waals surface area (Å²) in [5.74, 6) is -0.292. The van der Waals surface area contributed by atoms with Crippen LogP contribution in [0.1, 0.15) is 23.2 Å². The SMILES string of the molecule is O=C(c1ccc(F)c(Br)c1)C1CCCN1. The summed E-state index contributed by atoms with van der Waals surface area (Å²) in [5, 5.41) is 3.13. The summed E-state index contributed by atoms with van der Waals surface area (Å²) in [5.41, 5.74) is 0.558. The van der Waals surface area contributed by atoms with Gasteiger partial charge in [0, 0.05) is 5.56 Å². The van der Waals surface area contributed by atoms with Crippen LogP contribution < -0.4 is 5.32 Å². The lowest BCUT2D eigenvalue weighted by molar-refractivity contribution is 0.0952. The Balaban J connectivity index is 2.21. The van der Waals surface area contributed by atoms with Crippen molar-refractivity contribution in [1.29, 1.82) is 0 Å². The molecule has 0 aliphatic carbocycles. The molecule has 1 N–H and O–H groups in total. The molecule has 0 spiro atoms. The summed E-state index contributed by atoms with van der Waals surface area (Å²) in [6.45, 7) is 0.888. The molecule has 15 heavy (non-hydrogen) atoms. The Kier molecular flexibility index (Phi) is 3.17. The summed E-state index contributed by atoms with van der Waals surface area (Å²) in [4.78, 5) is 11.9. The van der Waals surface area contributed by atoms with Crippen molar-refractivity contribution in [3.8, 4) is 0 Å². The first kappa shape index (κ1) is 10.8. The second-order valence-electron chi connectivity index (χ2n) is 3.64. The van der Waals surface area contributed by atoms with E-state index in [4.69, 9.17) is 0 Å². The molecular weight excluding hydrogens is 261 g/mol. The van der Waals surface area contributed by atoms with Crippen LogP contribution in [-0.4, -0.2) is 18.4 Å². The van der Waals surface area contributed by atoms with Gasteiger partial charge in [0.25, 0.3) is 0 Å². The van der Waals surface area contributed by atoms with Crippen LogP contribution in [0, 0.1) is 5.82 Å². The fourth-order valence-corrected chi connectivity index (χ4v) is 2.14. The van der Waals surface area contributed by atoms with Crippen LogP contribution in [0.2, 0.25) is 0 Å². The average molecular weight is 272 g/mol. The largest absolute Gasteiger partial charge is 0.307 e. The van der Waals surface area contributed by atoms with Gasteiger partial charge in [0.2, 0.25) is 0 Å². The van der Waals surface area contributed by atoms with Crippen molar-refractivity contribution in [3.05, 3.63) is 34.1 Å². The molecule has 1 heterocycles. The van der Waals surface area contributed by atoms with E-state index < -0.39 is 0 Å². The van der Waals surface area contributed by atoms with Crippen molar-refractivity contribution in [1.82, 2.24) is 5.32 Å². The van der Waals surface area contributed by atoms with Crippen LogP contribution in [0.15, 0.2) is 22.7 Å². The first-order valence-electron chi connectivity index (χ1n) is 4.91. The van der Waals surface area contributed by atoms with Gasteiger partial charge < -0.3 is 5.32 Å². The van der Waals surface area contributed by atoms with Gasteiger partial charge in [-0.05, 0) is 53.5 Å². The molecule has 1 saturated heterocycles. The van der Waals surface area contributed by atoms with Crippen molar-refractivity contribution < 1.29 is 9.18 Å². The topological polar surface area (TPSA) is 29.1 Å². The summed E-state index contributed by atoms with van der Waals surface area (Å²) in [6, 6.07) is 4.29. The highest BCUT2D eigenvalue weighted by Crippen LogP contribution is 2.19. The smallest absolute Gasteiger partial charge is 0.179 e. The molecule has 0 radical (unpaired) electrons. The minimum absolute atomic E-state index is 0.0493. The molecule has 1 aromatic carbocycles. The lowest BCUT2D eigenvalue weighted by Crippen LogP contribution is -2.30. The fraction of sp³-hybridized carbons (Fsp3) is 0.364. The number of ketones is 1. The van der Waals surface area contributed by atoms with Crippen LogP contribution in [0.4, 0.5) is 4.39 Å². The number of hydrogen-bond donors (Lipinski definition) is 1. The predicted octanol–water partition coefficient (Wildman–Crippen LogP) is 2.52. The Hall–Kier alpha value is -0.740. The molecular formula is C11H11BrFNO. The van der Waals surface area contributed by atoms with E-state index in [0.29, 0.717) is 10.0 Å². The highest BCUT2D eigenvalue weighted by Gasteiger charge is 2.23. The Morgan fingerprint density at radius 3 is 2.93 bits per heavy atom. The lowest BCUT2D eigenvalue weighted by atomic mass is 10.0. The van der Waals surface area contributed by atoms with Gasteiger partial charge in [0.1, 0.15) is 5.82 Å². The van der Waals surface area contributed by atoms with Crippen molar-refractivity contribution >= 4 is 21.7 Å². The van der Waals surface area contributed by atoms with Crippen LogP contribution >= 0.6 is 15.9 Å². The molecule has 1 fully saturated rings. The number of rotatable bonds is 2. The zero-order chi connectivity index (χ0) is 10.8. The fourth-order valence-electron chi connectivity index (χ4n) is 1.76. The number of Topliss-reactive ketones (excluding diaryl/α,β-unsaturated/α-hetero) is 1. The summed E-state index contributed by atoms with van der Waals surface area (Å²) < 4.78 is 13.3. The highest BCUT2D eigenvalue weighted by molar-refractivity contribution is 9.10. The summed E-state index contributed by atoms with van der Waals surface area (Å²) in [7, 11) is 0. The van der Waals surface area contributed by atoms with Crippen LogP contribution in [0.5, 0.6) is 0 Å². The third-order valence-electron chi connectivity index (χ3n) is 2.58. The van der Waals surface area contributed by atoms with E-state index in [1.807, 2.05) is 0 Å². The Morgan fingerprint density at radius 2 is 2.33 bits per heavy atom. The standard InChI is InChI=1S/C11H11BrFNO/c12-8-6-7(3-4-9(8)13)11(15)10-2-1-5-14-10/h3-4,6,10,14H,1-2,5H2. The van der Waals surface area contributed by atoms with E-state index in [9.17, 15) is 9.18 Å². The van der Waals surface area contributed by atoms with Gasteiger partial charge in [-0.3, -0.25) is 4.79 Å². The van der Waals surface area contributed by atoms with Gasteiger partial charge in [0.15, 0.2) is 5.78 Å².